The lowest BCUT2D eigenvalue weighted by Gasteiger charge is -2.15. The molecule has 4 rings (SSSR count). The summed E-state index contributed by atoms with van der Waals surface area (Å²) in [6, 6.07) is 17.9. The van der Waals surface area contributed by atoms with Crippen molar-refractivity contribution in [3.63, 3.8) is 0 Å². The van der Waals surface area contributed by atoms with E-state index in [0.717, 1.165) is 11.1 Å². The minimum absolute atomic E-state index is 0.0134. The van der Waals surface area contributed by atoms with Crippen LogP contribution in [0.3, 0.4) is 0 Å². The minimum Gasteiger partial charge on any atom is -0.478 e. The molecule has 2 heterocycles. The number of amidine groups is 1. The monoisotopic (exact) mass is 420 g/mol. The zero-order valence-corrected chi connectivity index (χ0v) is 17.1. The second kappa shape index (κ2) is 8.59. The van der Waals surface area contributed by atoms with E-state index in [4.69, 9.17) is 9.52 Å². The average Bonchev–Trinajstić information content (AvgIpc) is 3.34. The number of aryl methyl sites for hydroxylation is 1. The fraction of sp³-hybridized carbons (Fsp3) is 0.174. The molecular formula is C23H20N2O4S. The van der Waals surface area contributed by atoms with Crippen molar-refractivity contribution < 1.29 is 19.1 Å². The van der Waals surface area contributed by atoms with Crippen LogP contribution in [0.1, 0.15) is 27.2 Å². The smallest absolute Gasteiger partial charge is 0.335 e. The normalized spacial score (nSPS) is 17.6. The number of carboxylic acid groups (broad SMARTS) is 1. The number of carboxylic acids is 1. The van der Waals surface area contributed by atoms with Gasteiger partial charge in [0, 0.05) is 0 Å². The van der Waals surface area contributed by atoms with Crippen LogP contribution in [0.15, 0.2) is 76.3 Å². The second-order valence-electron chi connectivity index (χ2n) is 6.99. The van der Waals surface area contributed by atoms with Crippen molar-refractivity contribution in [2.24, 2.45) is 4.99 Å². The maximum atomic E-state index is 13.2. The molecule has 1 saturated heterocycles. The molecule has 0 aliphatic carbocycles. The third-order valence-corrected chi connectivity index (χ3v) is 6.09. The van der Waals surface area contributed by atoms with Gasteiger partial charge in [0.15, 0.2) is 5.17 Å². The molecule has 0 bridgehead atoms. The van der Waals surface area contributed by atoms with Crippen LogP contribution in [-0.4, -0.2) is 32.3 Å². The third kappa shape index (κ3) is 4.31. The fourth-order valence-electron chi connectivity index (χ4n) is 3.26. The van der Waals surface area contributed by atoms with Crippen LogP contribution in [0, 0.1) is 6.92 Å². The maximum absolute atomic E-state index is 13.2. The number of hydrogen-bond donors (Lipinski definition) is 1. The largest absolute Gasteiger partial charge is 0.478 e. The number of furan rings is 1. The number of carbonyl (C=O) groups excluding carboxylic acids is 1. The predicted octanol–water partition coefficient (Wildman–Crippen LogP) is 4.66. The number of carbonyl (C=O) groups is 2. The van der Waals surface area contributed by atoms with E-state index < -0.39 is 5.97 Å². The second-order valence-corrected chi connectivity index (χ2v) is 8.16. The summed E-state index contributed by atoms with van der Waals surface area (Å²) >= 11 is 1.43. The highest BCUT2D eigenvalue weighted by Crippen LogP contribution is 2.33. The predicted molar refractivity (Wildman–Crippen MR) is 116 cm³/mol. The Bertz CT molecular complexity index is 1090. The van der Waals surface area contributed by atoms with Crippen molar-refractivity contribution in [3.05, 3.63) is 89.4 Å². The van der Waals surface area contributed by atoms with E-state index in [1.165, 1.54) is 23.9 Å². The molecular weight excluding hydrogens is 400 g/mol. The highest BCUT2D eigenvalue weighted by molar-refractivity contribution is 8.15. The Labute approximate surface area is 178 Å². The molecule has 6 nitrogen and oxygen atoms in total. The van der Waals surface area contributed by atoms with Crippen molar-refractivity contribution in [2.45, 2.75) is 25.1 Å². The Morgan fingerprint density at radius 3 is 2.57 bits per heavy atom. The van der Waals surface area contributed by atoms with Crippen LogP contribution < -0.4 is 0 Å². The number of benzene rings is 2. The van der Waals surface area contributed by atoms with Crippen LogP contribution >= 0.6 is 11.8 Å². The first kappa shape index (κ1) is 20.0. The molecule has 0 radical (unpaired) electrons. The molecule has 1 amide bonds. The summed E-state index contributed by atoms with van der Waals surface area (Å²) in [7, 11) is 0. The van der Waals surface area contributed by atoms with Crippen LogP contribution in [0.2, 0.25) is 0 Å². The zero-order valence-electron chi connectivity index (χ0n) is 16.3. The van der Waals surface area contributed by atoms with Crippen LogP contribution in [0.4, 0.5) is 5.69 Å². The summed E-state index contributed by atoms with van der Waals surface area (Å²) in [6.07, 6.45) is 2.19. The number of rotatable bonds is 6. The summed E-state index contributed by atoms with van der Waals surface area (Å²) in [5.74, 6) is -0.327. The quantitative estimate of drug-likeness (QED) is 0.627. The number of thioether (sulfide) groups is 1. The molecule has 1 fully saturated rings. The lowest BCUT2D eigenvalue weighted by atomic mass is 10.0. The summed E-state index contributed by atoms with van der Waals surface area (Å²) < 4.78 is 5.43. The molecule has 1 aromatic heterocycles. The van der Waals surface area contributed by atoms with Crippen LogP contribution in [0.5, 0.6) is 0 Å². The molecule has 1 atom stereocenters. The topological polar surface area (TPSA) is 83.1 Å². The lowest BCUT2D eigenvalue weighted by Crippen LogP contribution is -2.32. The summed E-state index contributed by atoms with van der Waals surface area (Å²) in [5, 5.41) is 9.38. The van der Waals surface area contributed by atoms with E-state index in [2.05, 4.69) is 4.99 Å². The van der Waals surface area contributed by atoms with Gasteiger partial charge in [-0.05, 0) is 60.9 Å². The SMILES string of the molecule is Cc1ccccc1CC1SC(=Nc2ccc(C(=O)O)cc2)N(Cc2ccco2)C1=O. The molecule has 1 aliphatic heterocycles. The van der Waals surface area contributed by atoms with Gasteiger partial charge in [-0.1, -0.05) is 36.0 Å². The first-order valence-electron chi connectivity index (χ1n) is 9.48. The van der Waals surface area contributed by atoms with Crippen molar-refractivity contribution in [1.29, 1.82) is 0 Å². The Balaban J connectivity index is 1.62. The molecule has 152 valence electrons. The average molecular weight is 420 g/mol. The number of amides is 1. The van der Waals surface area contributed by atoms with E-state index >= 15 is 0 Å². The molecule has 1 unspecified atom stereocenters. The van der Waals surface area contributed by atoms with Crippen LogP contribution in [-0.2, 0) is 17.8 Å². The van der Waals surface area contributed by atoms with Gasteiger partial charge in [0.1, 0.15) is 5.76 Å². The van der Waals surface area contributed by atoms with Gasteiger partial charge in [-0.2, -0.15) is 0 Å². The van der Waals surface area contributed by atoms with Gasteiger partial charge in [-0.3, -0.25) is 9.69 Å². The van der Waals surface area contributed by atoms with Gasteiger partial charge in [-0.15, -0.1) is 0 Å². The van der Waals surface area contributed by atoms with Gasteiger partial charge >= 0.3 is 5.97 Å². The maximum Gasteiger partial charge on any atom is 0.335 e. The highest BCUT2D eigenvalue weighted by atomic mass is 32.2. The van der Waals surface area contributed by atoms with Crippen molar-refractivity contribution in [3.8, 4) is 0 Å². The molecule has 1 aliphatic rings. The molecule has 0 spiro atoms. The van der Waals surface area contributed by atoms with Gasteiger partial charge in [-0.25, -0.2) is 9.79 Å². The van der Waals surface area contributed by atoms with Gasteiger partial charge in [0.05, 0.1) is 29.3 Å². The fourth-order valence-corrected chi connectivity index (χ4v) is 4.44. The van der Waals surface area contributed by atoms with Gasteiger partial charge in [0.25, 0.3) is 0 Å². The van der Waals surface area contributed by atoms with E-state index in [0.29, 0.717) is 29.6 Å². The minimum atomic E-state index is -0.989. The van der Waals surface area contributed by atoms with Gasteiger partial charge in [0.2, 0.25) is 5.91 Å². The van der Waals surface area contributed by atoms with E-state index in [1.807, 2.05) is 37.3 Å². The summed E-state index contributed by atoms with van der Waals surface area (Å²) in [6.45, 7) is 2.34. The van der Waals surface area contributed by atoms with Crippen molar-refractivity contribution >= 4 is 34.5 Å². The first-order valence-corrected chi connectivity index (χ1v) is 10.4. The Kier molecular flexibility index (Phi) is 5.72. The molecule has 3 aromatic rings. The third-order valence-electron chi connectivity index (χ3n) is 4.92. The molecule has 0 saturated carbocycles. The Hall–Kier alpha value is -3.32. The Morgan fingerprint density at radius 2 is 1.90 bits per heavy atom. The summed E-state index contributed by atoms with van der Waals surface area (Å²) in [4.78, 5) is 30.5. The van der Waals surface area contributed by atoms with E-state index in [1.54, 1.807) is 29.4 Å². The first-order chi connectivity index (χ1) is 14.5. The van der Waals surface area contributed by atoms with E-state index in [9.17, 15) is 9.59 Å². The number of hydrogen-bond acceptors (Lipinski definition) is 5. The molecule has 2 aromatic carbocycles. The number of aromatic carboxylic acids is 1. The zero-order chi connectivity index (χ0) is 21.1. The van der Waals surface area contributed by atoms with E-state index in [-0.39, 0.29) is 16.7 Å². The lowest BCUT2D eigenvalue weighted by molar-refractivity contribution is -0.126. The summed E-state index contributed by atoms with van der Waals surface area (Å²) in [5.41, 5.74) is 3.07. The van der Waals surface area contributed by atoms with Crippen molar-refractivity contribution in [2.75, 3.05) is 0 Å². The number of nitrogens with zero attached hydrogens (tertiary/aromatic N) is 2. The standard InChI is InChI=1S/C23H20N2O4S/c1-15-5-2-3-6-17(15)13-20-21(26)25(14-19-7-4-12-29-19)23(30-20)24-18-10-8-16(9-11-18)22(27)28/h2-12,20H,13-14H2,1H3,(H,27,28). The van der Waals surface area contributed by atoms with Gasteiger partial charge < -0.3 is 9.52 Å². The van der Waals surface area contributed by atoms with Crippen molar-refractivity contribution in [1.82, 2.24) is 4.90 Å². The highest BCUT2D eigenvalue weighted by Gasteiger charge is 2.38. The Morgan fingerprint density at radius 1 is 1.13 bits per heavy atom. The molecule has 30 heavy (non-hydrogen) atoms. The molecule has 7 heteroatoms. The van der Waals surface area contributed by atoms with Crippen LogP contribution in [0.25, 0.3) is 0 Å². The number of aliphatic imine (C=N–C) groups is 1. The molecule has 1 N–H and O–H groups in total.